The number of rotatable bonds is 7. The normalized spacial score (nSPS) is 15.2. The van der Waals surface area contributed by atoms with E-state index in [-0.39, 0.29) is 11.7 Å². The first-order valence-electron chi connectivity index (χ1n) is 16.8. The molecule has 0 saturated carbocycles. The van der Waals surface area contributed by atoms with Crippen LogP contribution in [-0.4, -0.2) is 77.4 Å². The fourth-order valence-electron chi connectivity index (χ4n) is 7.15. The minimum Gasteiger partial charge on any atom is -0.355 e. The topological polar surface area (TPSA) is 117 Å². The first-order valence-corrected chi connectivity index (χ1v) is 18.6. The van der Waals surface area contributed by atoms with Gasteiger partial charge in [0.2, 0.25) is 10.0 Å². The van der Waals surface area contributed by atoms with Crippen LogP contribution in [0.5, 0.6) is 0 Å². The van der Waals surface area contributed by atoms with Crippen molar-refractivity contribution in [3.05, 3.63) is 107 Å². The van der Waals surface area contributed by atoms with Gasteiger partial charge in [-0.05, 0) is 43.2 Å². The monoisotopic (exact) mass is 704 g/mol. The number of fused-ring (bicyclic) bond motifs is 6. The van der Waals surface area contributed by atoms with Crippen molar-refractivity contribution in [2.75, 3.05) is 37.7 Å². The Morgan fingerprint density at radius 1 is 1.08 bits per heavy atom. The van der Waals surface area contributed by atoms with Crippen LogP contribution in [0.15, 0.2) is 77.9 Å². The summed E-state index contributed by atoms with van der Waals surface area (Å²) in [5.41, 5.74) is 7.05. The van der Waals surface area contributed by atoms with Gasteiger partial charge in [0.05, 0.1) is 58.2 Å². The van der Waals surface area contributed by atoms with Crippen molar-refractivity contribution in [3.63, 3.8) is 0 Å². The van der Waals surface area contributed by atoms with Gasteiger partial charge in [0.25, 0.3) is 5.91 Å². The zero-order valence-corrected chi connectivity index (χ0v) is 29.8. The number of hydrogen-bond acceptors (Lipinski definition) is 7. The molecule has 4 aromatic heterocycles. The number of aliphatic imine (C=N–C) groups is 1. The summed E-state index contributed by atoms with van der Waals surface area (Å²) >= 11 is 0. The highest BCUT2D eigenvalue weighted by Gasteiger charge is 2.29. The van der Waals surface area contributed by atoms with E-state index in [1.54, 1.807) is 29.9 Å². The number of aryl methyl sites for hydroxylation is 1. The zero-order valence-electron chi connectivity index (χ0n) is 29.0. The van der Waals surface area contributed by atoms with E-state index in [4.69, 9.17) is 15.1 Å². The third-order valence-electron chi connectivity index (χ3n) is 9.80. The zero-order chi connectivity index (χ0) is 35.8. The lowest BCUT2D eigenvalue weighted by molar-refractivity contribution is 0.0965. The number of benzene rings is 2. The molecule has 1 fully saturated rings. The number of pyridine rings is 1. The van der Waals surface area contributed by atoms with Crippen LogP contribution in [0.1, 0.15) is 39.9 Å². The number of carbonyl (C=O) groups is 1. The molecule has 0 bridgehead atoms. The predicted molar refractivity (Wildman–Crippen MR) is 198 cm³/mol. The van der Waals surface area contributed by atoms with E-state index in [1.807, 2.05) is 59.9 Å². The molecule has 2 aliphatic heterocycles. The maximum Gasteiger partial charge on any atom is 0.255 e. The molecule has 0 unspecified atom stereocenters. The average molecular weight is 705 g/mol. The predicted octanol–water partition coefficient (Wildman–Crippen LogP) is 5.69. The molecule has 51 heavy (non-hydrogen) atoms. The SMILES string of the molecule is CNC(=O)c1c(-c2ccc(C)cc2)nn2cc(N(C)S(C)(=O)=O)c(C3=Nc4c(nc(CN5CC(C)C5)n5c4cc4c(F)cccc45)CC=C3)cc12. The summed E-state index contributed by atoms with van der Waals surface area (Å²) in [6, 6.07) is 16.3. The number of carbonyl (C=O) groups excluding carboxylic acids is 1. The smallest absolute Gasteiger partial charge is 0.255 e. The molecule has 2 aromatic carbocycles. The van der Waals surface area contributed by atoms with Crippen LogP contribution in [0.3, 0.4) is 0 Å². The Labute approximate surface area is 294 Å². The number of amides is 1. The Bertz CT molecular complexity index is 2580. The van der Waals surface area contributed by atoms with E-state index in [9.17, 15) is 13.2 Å². The molecule has 8 rings (SSSR count). The summed E-state index contributed by atoms with van der Waals surface area (Å²) in [6.07, 6.45) is 7.01. The van der Waals surface area contributed by atoms with E-state index in [0.29, 0.717) is 74.7 Å². The van der Waals surface area contributed by atoms with Crippen molar-refractivity contribution in [3.8, 4) is 11.3 Å². The molecule has 260 valence electrons. The summed E-state index contributed by atoms with van der Waals surface area (Å²) in [7, 11) is -0.703. The lowest BCUT2D eigenvalue weighted by Crippen LogP contribution is -2.44. The van der Waals surface area contributed by atoms with Crippen LogP contribution in [-0.2, 0) is 23.0 Å². The summed E-state index contributed by atoms with van der Waals surface area (Å²) < 4.78 is 46.1. The summed E-state index contributed by atoms with van der Waals surface area (Å²) in [4.78, 5) is 26.1. The molecule has 1 amide bonds. The molecule has 0 atom stereocenters. The van der Waals surface area contributed by atoms with Gasteiger partial charge < -0.3 is 5.32 Å². The standard InChI is InChI=1S/C38H37FN8O3S/c1-22-12-14-24(15-13-22)36-35(38(48)40-3)31-17-26(33(20-46(31)43-36)44(4)51(5,49)50)28-9-7-10-29-37(42-28)32-16-25-27(39)8-6-11-30(25)47(32)34(41-29)21-45-18-23(2)19-45/h6-9,11-17,20,23H,10,18-19,21H2,1-5H3,(H,40,48). The molecule has 6 aromatic rings. The van der Waals surface area contributed by atoms with Crippen LogP contribution in [0.2, 0.25) is 0 Å². The Kier molecular flexibility index (Phi) is 7.80. The molecule has 2 aliphatic rings. The molecular formula is C38H37FN8O3S. The van der Waals surface area contributed by atoms with Crippen LogP contribution >= 0.6 is 0 Å². The van der Waals surface area contributed by atoms with Crippen molar-refractivity contribution >= 4 is 55.0 Å². The van der Waals surface area contributed by atoms with Crippen molar-refractivity contribution in [1.82, 2.24) is 29.2 Å². The third kappa shape index (κ3) is 5.56. The maximum atomic E-state index is 15.3. The second-order valence-electron chi connectivity index (χ2n) is 13.6. The van der Waals surface area contributed by atoms with Gasteiger partial charge in [0, 0.05) is 50.1 Å². The Balaban J connectivity index is 1.39. The Morgan fingerprint density at radius 2 is 1.84 bits per heavy atom. The maximum absolute atomic E-state index is 15.3. The summed E-state index contributed by atoms with van der Waals surface area (Å²) in [5.74, 6) is 0.745. The van der Waals surface area contributed by atoms with E-state index >= 15 is 4.39 Å². The van der Waals surface area contributed by atoms with Gasteiger partial charge >= 0.3 is 0 Å². The molecule has 13 heteroatoms. The molecule has 0 aliphatic carbocycles. The van der Waals surface area contributed by atoms with E-state index in [1.165, 1.54) is 17.4 Å². The lowest BCUT2D eigenvalue weighted by Gasteiger charge is -2.37. The number of likely N-dealkylation sites (tertiary alicyclic amines) is 1. The van der Waals surface area contributed by atoms with Gasteiger partial charge in [-0.15, -0.1) is 0 Å². The molecule has 11 nitrogen and oxygen atoms in total. The number of halogens is 1. The Morgan fingerprint density at radius 3 is 2.55 bits per heavy atom. The van der Waals surface area contributed by atoms with Crippen LogP contribution in [0, 0.1) is 18.7 Å². The van der Waals surface area contributed by atoms with E-state index in [0.717, 1.165) is 42.0 Å². The van der Waals surface area contributed by atoms with Gasteiger partial charge in [-0.1, -0.05) is 48.9 Å². The van der Waals surface area contributed by atoms with Gasteiger partial charge in [0.15, 0.2) is 0 Å². The summed E-state index contributed by atoms with van der Waals surface area (Å²) in [6.45, 7) is 6.74. The van der Waals surface area contributed by atoms with Crippen molar-refractivity contribution < 1.29 is 17.6 Å². The van der Waals surface area contributed by atoms with Gasteiger partial charge in [0.1, 0.15) is 23.0 Å². The molecule has 0 spiro atoms. The van der Waals surface area contributed by atoms with Crippen LogP contribution < -0.4 is 9.62 Å². The average Bonchev–Trinajstić information content (AvgIpc) is 3.59. The van der Waals surface area contributed by atoms with Crippen molar-refractivity contribution in [2.45, 2.75) is 26.8 Å². The largest absolute Gasteiger partial charge is 0.355 e. The van der Waals surface area contributed by atoms with Crippen LogP contribution in [0.25, 0.3) is 33.2 Å². The fourth-order valence-corrected chi connectivity index (χ4v) is 7.65. The fraction of sp³-hybridized carbons (Fsp3) is 0.263. The number of nitrogens with zero attached hydrogens (tertiary/aromatic N) is 7. The first-order chi connectivity index (χ1) is 24.4. The lowest BCUT2D eigenvalue weighted by atomic mass is 10.0. The van der Waals surface area contributed by atoms with Gasteiger partial charge in [-0.25, -0.2) is 27.3 Å². The molecule has 1 saturated heterocycles. The highest BCUT2D eigenvalue weighted by Crippen LogP contribution is 2.37. The highest BCUT2D eigenvalue weighted by atomic mass is 32.2. The number of sulfonamides is 1. The van der Waals surface area contributed by atoms with E-state index in [2.05, 4.69) is 17.1 Å². The molecule has 1 N–H and O–H groups in total. The van der Waals surface area contributed by atoms with Gasteiger partial charge in [-0.2, -0.15) is 5.10 Å². The second-order valence-corrected chi connectivity index (χ2v) is 15.6. The van der Waals surface area contributed by atoms with Crippen LogP contribution in [0.4, 0.5) is 15.8 Å². The number of aromatic nitrogens is 4. The van der Waals surface area contributed by atoms with Crippen molar-refractivity contribution in [1.29, 1.82) is 0 Å². The number of hydrogen-bond donors (Lipinski definition) is 1. The quantitative estimate of drug-likeness (QED) is 0.228. The molecule has 0 radical (unpaired) electrons. The molecular weight excluding hydrogens is 668 g/mol. The minimum atomic E-state index is -3.74. The molecule has 6 heterocycles. The van der Waals surface area contributed by atoms with Crippen molar-refractivity contribution in [2.24, 2.45) is 10.9 Å². The minimum absolute atomic E-state index is 0.317. The number of anilines is 1. The first kappa shape index (κ1) is 32.8. The third-order valence-corrected chi connectivity index (χ3v) is 11.0. The second kappa shape index (κ2) is 12.1. The summed E-state index contributed by atoms with van der Waals surface area (Å²) in [5, 5.41) is 8.01. The Hall–Kier alpha value is -5.40. The number of allylic oxidation sites excluding steroid dienone is 2. The number of nitrogens with one attached hydrogen (secondary N) is 1. The van der Waals surface area contributed by atoms with E-state index < -0.39 is 10.0 Å². The van der Waals surface area contributed by atoms with Gasteiger partial charge in [-0.3, -0.25) is 18.4 Å². The highest BCUT2D eigenvalue weighted by molar-refractivity contribution is 7.92.